The van der Waals surface area contributed by atoms with Crippen LogP contribution in [0.1, 0.15) is 15.9 Å². The summed E-state index contributed by atoms with van der Waals surface area (Å²) < 4.78 is 5.07. The zero-order chi connectivity index (χ0) is 18.9. The maximum absolute atomic E-state index is 12.3. The van der Waals surface area contributed by atoms with Crippen molar-refractivity contribution in [3.63, 3.8) is 0 Å². The van der Waals surface area contributed by atoms with E-state index in [1.807, 2.05) is 0 Å². The molecule has 0 unspecified atom stereocenters. The van der Waals surface area contributed by atoms with E-state index in [9.17, 15) is 14.4 Å². The largest absolute Gasteiger partial charge is 0.497 e. The maximum Gasteiger partial charge on any atom is 0.322 e. The zero-order valence-corrected chi connectivity index (χ0v) is 14.1. The van der Waals surface area contributed by atoms with Gasteiger partial charge in [-0.15, -0.1) is 0 Å². The van der Waals surface area contributed by atoms with E-state index in [2.05, 4.69) is 10.6 Å². The van der Waals surface area contributed by atoms with Gasteiger partial charge in [0.1, 0.15) is 18.0 Å². The SMILES string of the molecule is COc1ccc(C=C(NC(=O)c2ccccc2)C(=O)NCC(=O)O)cc1. The first-order chi connectivity index (χ1) is 12.5. The normalized spacial score (nSPS) is 10.7. The lowest BCUT2D eigenvalue weighted by Crippen LogP contribution is -2.37. The van der Waals surface area contributed by atoms with E-state index < -0.39 is 24.3 Å². The van der Waals surface area contributed by atoms with Gasteiger partial charge < -0.3 is 20.5 Å². The molecule has 0 fully saturated rings. The number of aliphatic carboxylic acids is 1. The average molecular weight is 354 g/mol. The third-order valence-electron chi connectivity index (χ3n) is 3.36. The van der Waals surface area contributed by atoms with Crippen molar-refractivity contribution in [3.05, 3.63) is 71.4 Å². The highest BCUT2D eigenvalue weighted by Gasteiger charge is 2.15. The smallest absolute Gasteiger partial charge is 0.322 e. The summed E-state index contributed by atoms with van der Waals surface area (Å²) >= 11 is 0. The number of hydrogen-bond donors (Lipinski definition) is 3. The monoisotopic (exact) mass is 354 g/mol. The van der Waals surface area contributed by atoms with E-state index in [1.165, 1.54) is 13.2 Å². The molecule has 0 aliphatic rings. The number of carboxylic acids is 1. The number of hydrogen-bond acceptors (Lipinski definition) is 4. The van der Waals surface area contributed by atoms with Gasteiger partial charge in [0, 0.05) is 5.56 Å². The van der Waals surface area contributed by atoms with E-state index in [4.69, 9.17) is 9.84 Å². The van der Waals surface area contributed by atoms with Crippen molar-refractivity contribution in [1.82, 2.24) is 10.6 Å². The fourth-order valence-electron chi connectivity index (χ4n) is 2.06. The Kier molecular flexibility index (Phi) is 6.50. The molecule has 0 bridgehead atoms. The second-order valence-corrected chi connectivity index (χ2v) is 5.23. The number of carbonyl (C=O) groups excluding carboxylic acids is 2. The molecule has 2 aromatic carbocycles. The Morgan fingerprint density at radius 3 is 2.27 bits per heavy atom. The van der Waals surface area contributed by atoms with Crippen LogP contribution in [0.4, 0.5) is 0 Å². The topological polar surface area (TPSA) is 105 Å². The van der Waals surface area contributed by atoms with Crippen molar-refractivity contribution in [3.8, 4) is 5.75 Å². The summed E-state index contributed by atoms with van der Waals surface area (Å²) in [6, 6.07) is 15.2. The molecule has 134 valence electrons. The fourth-order valence-corrected chi connectivity index (χ4v) is 2.06. The van der Waals surface area contributed by atoms with Crippen LogP contribution >= 0.6 is 0 Å². The molecule has 7 heteroatoms. The highest BCUT2D eigenvalue weighted by atomic mass is 16.5. The van der Waals surface area contributed by atoms with Gasteiger partial charge in [-0.1, -0.05) is 30.3 Å². The predicted octanol–water partition coefficient (Wildman–Crippen LogP) is 1.67. The van der Waals surface area contributed by atoms with Crippen LogP contribution in [-0.4, -0.2) is 36.5 Å². The van der Waals surface area contributed by atoms with E-state index in [1.54, 1.807) is 54.6 Å². The van der Waals surface area contributed by atoms with E-state index in [0.717, 1.165) is 0 Å². The molecule has 2 aromatic rings. The quantitative estimate of drug-likeness (QED) is 0.656. The average Bonchev–Trinajstić information content (AvgIpc) is 2.66. The predicted molar refractivity (Wildman–Crippen MR) is 95.5 cm³/mol. The lowest BCUT2D eigenvalue weighted by Gasteiger charge is -2.10. The molecule has 0 aliphatic carbocycles. The minimum absolute atomic E-state index is 0.0646. The van der Waals surface area contributed by atoms with E-state index in [0.29, 0.717) is 16.9 Å². The number of methoxy groups -OCH3 is 1. The summed E-state index contributed by atoms with van der Waals surface area (Å²) in [6.07, 6.45) is 1.46. The molecule has 3 N–H and O–H groups in total. The molecule has 0 heterocycles. The zero-order valence-electron chi connectivity index (χ0n) is 14.1. The molecule has 0 saturated heterocycles. The highest BCUT2D eigenvalue weighted by molar-refractivity contribution is 6.05. The van der Waals surface area contributed by atoms with Gasteiger partial charge in [-0.05, 0) is 35.9 Å². The van der Waals surface area contributed by atoms with Gasteiger partial charge in [-0.3, -0.25) is 14.4 Å². The Hall–Kier alpha value is -3.61. The molecule has 2 amide bonds. The van der Waals surface area contributed by atoms with Crippen molar-refractivity contribution in [2.75, 3.05) is 13.7 Å². The van der Waals surface area contributed by atoms with Crippen LogP contribution in [0, 0.1) is 0 Å². The molecule has 0 spiro atoms. The number of carbonyl (C=O) groups is 3. The second kappa shape index (κ2) is 9.03. The lowest BCUT2D eigenvalue weighted by molar-refractivity contribution is -0.137. The minimum Gasteiger partial charge on any atom is -0.497 e. The van der Waals surface area contributed by atoms with E-state index in [-0.39, 0.29) is 5.70 Å². The van der Waals surface area contributed by atoms with Gasteiger partial charge in [0.25, 0.3) is 11.8 Å². The summed E-state index contributed by atoms with van der Waals surface area (Å²) in [5.41, 5.74) is 0.948. The standard InChI is InChI=1S/C19H18N2O5/c1-26-15-9-7-13(8-10-15)11-16(19(25)20-12-17(22)23)21-18(24)14-5-3-2-4-6-14/h2-11H,12H2,1H3,(H,20,25)(H,21,24)(H,22,23). The number of carboxylic acid groups (broad SMARTS) is 1. The number of rotatable bonds is 7. The Morgan fingerprint density at radius 1 is 1.04 bits per heavy atom. The first-order valence-corrected chi connectivity index (χ1v) is 7.71. The Balaban J connectivity index is 2.25. The molecule has 0 atom stereocenters. The van der Waals surface area contributed by atoms with Crippen LogP contribution < -0.4 is 15.4 Å². The van der Waals surface area contributed by atoms with Gasteiger partial charge in [0.05, 0.1) is 7.11 Å². The van der Waals surface area contributed by atoms with Crippen LogP contribution in [0.15, 0.2) is 60.3 Å². The lowest BCUT2D eigenvalue weighted by atomic mass is 10.1. The van der Waals surface area contributed by atoms with Crippen molar-refractivity contribution in [2.24, 2.45) is 0 Å². The van der Waals surface area contributed by atoms with E-state index >= 15 is 0 Å². The Bertz CT molecular complexity index is 814. The second-order valence-electron chi connectivity index (χ2n) is 5.23. The molecule has 0 aliphatic heterocycles. The van der Waals surface area contributed by atoms with Crippen molar-refractivity contribution in [2.45, 2.75) is 0 Å². The molecule has 0 radical (unpaired) electrons. The molecule has 2 rings (SSSR count). The number of benzene rings is 2. The maximum atomic E-state index is 12.3. The molecule has 0 saturated carbocycles. The van der Waals surface area contributed by atoms with Crippen LogP contribution in [0.25, 0.3) is 6.08 Å². The molecule has 0 aromatic heterocycles. The van der Waals surface area contributed by atoms with Crippen LogP contribution in [0.3, 0.4) is 0 Å². The van der Waals surface area contributed by atoms with Crippen LogP contribution in [0.5, 0.6) is 5.75 Å². The molecule has 26 heavy (non-hydrogen) atoms. The number of nitrogens with one attached hydrogen (secondary N) is 2. The molecule has 7 nitrogen and oxygen atoms in total. The minimum atomic E-state index is -1.18. The van der Waals surface area contributed by atoms with Crippen molar-refractivity contribution < 1.29 is 24.2 Å². The number of ether oxygens (including phenoxy) is 1. The van der Waals surface area contributed by atoms with Gasteiger partial charge in [0.2, 0.25) is 0 Å². The van der Waals surface area contributed by atoms with Gasteiger partial charge in [-0.25, -0.2) is 0 Å². The summed E-state index contributed by atoms with van der Waals surface area (Å²) in [7, 11) is 1.54. The highest BCUT2D eigenvalue weighted by Crippen LogP contribution is 2.14. The molecular formula is C19H18N2O5. The summed E-state index contributed by atoms with van der Waals surface area (Å²) in [5, 5.41) is 13.5. The van der Waals surface area contributed by atoms with Crippen LogP contribution in [-0.2, 0) is 9.59 Å². The third-order valence-corrected chi connectivity index (χ3v) is 3.36. The van der Waals surface area contributed by atoms with Crippen molar-refractivity contribution >= 4 is 23.9 Å². The number of amides is 2. The Labute approximate surface area is 150 Å². The summed E-state index contributed by atoms with van der Waals surface area (Å²) in [5.74, 6) is -1.72. The first kappa shape index (κ1) is 18.7. The summed E-state index contributed by atoms with van der Waals surface area (Å²) in [6.45, 7) is -0.556. The first-order valence-electron chi connectivity index (χ1n) is 7.71. The summed E-state index contributed by atoms with van der Waals surface area (Å²) in [4.78, 5) is 35.2. The molecular weight excluding hydrogens is 336 g/mol. The van der Waals surface area contributed by atoms with Gasteiger partial charge in [0.15, 0.2) is 0 Å². The van der Waals surface area contributed by atoms with Crippen molar-refractivity contribution in [1.29, 1.82) is 0 Å². The van der Waals surface area contributed by atoms with Gasteiger partial charge in [-0.2, -0.15) is 0 Å². The fraction of sp³-hybridized carbons (Fsp3) is 0.105. The Morgan fingerprint density at radius 2 is 1.69 bits per heavy atom. The van der Waals surface area contributed by atoms with Crippen LogP contribution in [0.2, 0.25) is 0 Å². The van der Waals surface area contributed by atoms with Gasteiger partial charge >= 0.3 is 5.97 Å². The third kappa shape index (κ3) is 5.48.